The fraction of sp³-hybridized carbons (Fsp3) is 0.333. The highest BCUT2D eigenvalue weighted by molar-refractivity contribution is 5.98. The minimum Gasteiger partial charge on any atom is -0.338 e. The Morgan fingerprint density at radius 1 is 1.63 bits per heavy atom. The first-order valence-corrected chi connectivity index (χ1v) is 5.46. The number of nitrogens with zero attached hydrogens (tertiary/aromatic N) is 3. The molecule has 1 aromatic carbocycles. The topological polar surface area (TPSA) is 87.2 Å². The third-order valence-electron chi connectivity index (χ3n) is 2.75. The van der Waals surface area contributed by atoms with Crippen LogP contribution in [-0.4, -0.2) is 28.8 Å². The Bertz CT molecular complexity index is 554. The van der Waals surface area contributed by atoms with Gasteiger partial charge in [-0.15, -0.1) is 0 Å². The Balaban J connectivity index is 3.15. The molecule has 1 amide bonds. The van der Waals surface area contributed by atoms with E-state index in [9.17, 15) is 19.3 Å². The average Bonchev–Trinajstić information content (AvgIpc) is 2.36. The van der Waals surface area contributed by atoms with E-state index in [1.54, 1.807) is 6.92 Å². The molecule has 0 aromatic heterocycles. The molecule has 1 unspecified atom stereocenters. The molecule has 0 N–H and O–H groups in total. The van der Waals surface area contributed by atoms with Crippen LogP contribution in [-0.2, 0) is 0 Å². The number of nitro groups is 1. The Kier molecular flexibility index (Phi) is 4.53. The van der Waals surface area contributed by atoms with E-state index in [1.165, 1.54) is 11.9 Å². The van der Waals surface area contributed by atoms with E-state index in [0.29, 0.717) is 0 Å². The lowest BCUT2D eigenvalue weighted by molar-refractivity contribution is -0.385. The first-order chi connectivity index (χ1) is 8.88. The van der Waals surface area contributed by atoms with Crippen molar-refractivity contribution in [3.63, 3.8) is 0 Å². The zero-order chi connectivity index (χ0) is 14.6. The summed E-state index contributed by atoms with van der Waals surface area (Å²) in [6.45, 7) is 1.63. The molecule has 0 fully saturated rings. The summed E-state index contributed by atoms with van der Waals surface area (Å²) in [4.78, 5) is 23.3. The summed E-state index contributed by atoms with van der Waals surface area (Å²) in [5.74, 6) is -1.41. The fourth-order valence-corrected chi connectivity index (χ4v) is 1.50. The van der Waals surface area contributed by atoms with Crippen molar-refractivity contribution in [2.24, 2.45) is 0 Å². The van der Waals surface area contributed by atoms with Gasteiger partial charge >= 0.3 is 0 Å². The Hall–Kier alpha value is -2.49. The molecule has 0 saturated heterocycles. The average molecular weight is 265 g/mol. The van der Waals surface area contributed by atoms with Crippen LogP contribution in [0.1, 0.15) is 23.7 Å². The molecule has 0 heterocycles. The van der Waals surface area contributed by atoms with Gasteiger partial charge in [0.05, 0.1) is 17.4 Å². The van der Waals surface area contributed by atoms with Crippen molar-refractivity contribution in [1.29, 1.82) is 5.26 Å². The van der Waals surface area contributed by atoms with Gasteiger partial charge in [0.2, 0.25) is 0 Å². The van der Waals surface area contributed by atoms with Gasteiger partial charge in [-0.1, -0.05) is 0 Å². The smallest absolute Gasteiger partial charge is 0.282 e. The van der Waals surface area contributed by atoms with Gasteiger partial charge < -0.3 is 4.90 Å². The van der Waals surface area contributed by atoms with Crippen molar-refractivity contribution in [3.05, 3.63) is 39.7 Å². The molecule has 0 spiro atoms. The van der Waals surface area contributed by atoms with Crippen LogP contribution in [0, 0.1) is 27.3 Å². The lowest BCUT2D eigenvalue weighted by Gasteiger charge is -2.22. The molecule has 6 nitrogen and oxygen atoms in total. The normalized spacial score (nSPS) is 11.5. The van der Waals surface area contributed by atoms with Gasteiger partial charge in [0.25, 0.3) is 11.6 Å². The molecule has 100 valence electrons. The monoisotopic (exact) mass is 265 g/mol. The summed E-state index contributed by atoms with van der Waals surface area (Å²) in [6, 6.07) is 4.19. The van der Waals surface area contributed by atoms with E-state index in [2.05, 4.69) is 0 Å². The number of amides is 1. The van der Waals surface area contributed by atoms with E-state index >= 15 is 0 Å². The van der Waals surface area contributed by atoms with Crippen LogP contribution >= 0.6 is 0 Å². The Morgan fingerprint density at radius 2 is 2.26 bits per heavy atom. The molecule has 0 aliphatic rings. The summed E-state index contributed by atoms with van der Waals surface area (Å²) in [6.07, 6.45) is 0.0886. The molecule has 0 bridgehead atoms. The molecular formula is C12H12FN3O3. The van der Waals surface area contributed by atoms with Gasteiger partial charge in [-0.05, 0) is 19.1 Å². The van der Waals surface area contributed by atoms with E-state index < -0.39 is 28.4 Å². The maximum Gasteiger partial charge on any atom is 0.282 e. The summed E-state index contributed by atoms with van der Waals surface area (Å²) >= 11 is 0. The molecule has 19 heavy (non-hydrogen) atoms. The SMILES string of the molecule is CC(CC#N)N(C)C(=O)c1cc(F)ccc1[N+](=O)[O-]. The van der Waals surface area contributed by atoms with Crippen molar-refractivity contribution < 1.29 is 14.1 Å². The van der Waals surface area contributed by atoms with Crippen LogP contribution in [0.5, 0.6) is 0 Å². The maximum absolute atomic E-state index is 13.1. The van der Waals surface area contributed by atoms with Crippen LogP contribution in [0.2, 0.25) is 0 Å². The third-order valence-corrected chi connectivity index (χ3v) is 2.75. The highest BCUT2D eigenvalue weighted by Crippen LogP contribution is 2.21. The van der Waals surface area contributed by atoms with Crippen molar-refractivity contribution in [2.45, 2.75) is 19.4 Å². The number of rotatable bonds is 4. The zero-order valence-electron chi connectivity index (χ0n) is 10.5. The number of nitro benzene ring substituents is 1. The quantitative estimate of drug-likeness (QED) is 0.616. The minimum absolute atomic E-state index is 0.0886. The predicted molar refractivity (Wildman–Crippen MR) is 64.8 cm³/mol. The minimum atomic E-state index is -0.741. The lowest BCUT2D eigenvalue weighted by atomic mass is 10.1. The maximum atomic E-state index is 13.1. The number of carbonyl (C=O) groups excluding carboxylic acids is 1. The summed E-state index contributed by atoms with van der Waals surface area (Å²) in [5.41, 5.74) is -0.778. The van der Waals surface area contributed by atoms with Crippen LogP contribution < -0.4 is 0 Å². The van der Waals surface area contributed by atoms with E-state index in [1.807, 2.05) is 6.07 Å². The van der Waals surface area contributed by atoms with Crippen LogP contribution in [0.4, 0.5) is 10.1 Å². The second kappa shape index (κ2) is 5.91. The lowest BCUT2D eigenvalue weighted by Crippen LogP contribution is -2.35. The van der Waals surface area contributed by atoms with Crippen LogP contribution in [0.25, 0.3) is 0 Å². The third kappa shape index (κ3) is 3.25. The number of hydrogen-bond acceptors (Lipinski definition) is 4. The van der Waals surface area contributed by atoms with Crippen molar-refractivity contribution >= 4 is 11.6 Å². The molecule has 1 rings (SSSR count). The summed E-state index contributed by atoms with van der Waals surface area (Å²) in [5, 5.41) is 19.4. The van der Waals surface area contributed by atoms with Crippen LogP contribution in [0.3, 0.4) is 0 Å². The number of benzene rings is 1. The fourth-order valence-electron chi connectivity index (χ4n) is 1.50. The van der Waals surface area contributed by atoms with Crippen LogP contribution in [0.15, 0.2) is 18.2 Å². The van der Waals surface area contributed by atoms with E-state index in [4.69, 9.17) is 5.26 Å². The Morgan fingerprint density at radius 3 is 2.79 bits per heavy atom. The van der Waals surface area contributed by atoms with Gasteiger partial charge in [-0.25, -0.2) is 4.39 Å². The molecular weight excluding hydrogens is 253 g/mol. The van der Waals surface area contributed by atoms with Gasteiger partial charge in [-0.3, -0.25) is 14.9 Å². The zero-order valence-corrected chi connectivity index (χ0v) is 10.5. The van der Waals surface area contributed by atoms with E-state index in [0.717, 1.165) is 18.2 Å². The molecule has 1 atom stereocenters. The molecule has 7 heteroatoms. The molecule has 0 radical (unpaired) electrons. The Labute approximate surface area is 109 Å². The summed E-state index contributed by atoms with van der Waals surface area (Å²) < 4.78 is 13.1. The molecule has 0 saturated carbocycles. The second-order valence-corrected chi connectivity index (χ2v) is 4.05. The van der Waals surface area contributed by atoms with Crippen molar-refractivity contribution in [1.82, 2.24) is 4.90 Å². The highest BCUT2D eigenvalue weighted by Gasteiger charge is 2.25. The number of nitriles is 1. The highest BCUT2D eigenvalue weighted by atomic mass is 19.1. The second-order valence-electron chi connectivity index (χ2n) is 4.05. The molecule has 1 aromatic rings. The van der Waals surface area contributed by atoms with Crippen molar-refractivity contribution in [3.8, 4) is 6.07 Å². The predicted octanol–water partition coefficient (Wildman–Crippen LogP) is 2.11. The standard InChI is InChI=1S/C12H12FN3O3/c1-8(5-6-14)15(2)12(17)10-7-9(13)3-4-11(10)16(18)19/h3-4,7-8H,5H2,1-2H3. The largest absolute Gasteiger partial charge is 0.338 e. The number of carbonyl (C=O) groups is 1. The van der Waals surface area contributed by atoms with Gasteiger partial charge in [0, 0.05) is 19.2 Å². The summed E-state index contributed by atoms with van der Waals surface area (Å²) in [7, 11) is 1.42. The molecule has 0 aliphatic heterocycles. The number of halogens is 1. The number of hydrogen-bond donors (Lipinski definition) is 0. The van der Waals surface area contributed by atoms with Gasteiger partial charge in [0.15, 0.2) is 0 Å². The van der Waals surface area contributed by atoms with Crippen molar-refractivity contribution in [2.75, 3.05) is 7.05 Å². The first-order valence-electron chi connectivity index (χ1n) is 5.46. The molecule has 0 aliphatic carbocycles. The first kappa shape index (κ1) is 14.6. The van der Waals surface area contributed by atoms with Gasteiger partial charge in [-0.2, -0.15) is 5.26 Å². The van der Waals surface area contributed by atoms with E-state index in [-0.39, 0.29) is 12.0 Å². The van der Waals surface area contributed by atoms with Gasteiger partial charge in [0.1, 0.15) is 11.4 Å².